The van der Waals surface area contributed by atoms with Crippen LogP contribution in [-0.4, -0.2) is 47.6 Å². The molecule has 0 bridgehead atoms. The molecule has 17 heavy (non-hydrogen) atoms. The summed E-state index contributed by atoms with van der Waals surface area (Å²) in [7, 11) is 1.80. The van der Waals surface area contributed by atoms with Gasteiger partial charge < -0.3 is 15.0 Å². The van der Waals surface area contributed by atoms with Crippen LogP contribution >= 0.6 is 11.8 Å². The van der Waals surface area contributed by atoms with E-state index in [-0.39, 0.29) is 29.9 Å². The summed E-state index contributed by atoms with van der Waals surface area (Å²) in [5, 5.41) is 3.20. The Morgan fingerprint density at radius 3 is 2.94 bits per heavy atom. The molecule has 0 aliphatic carbocycles. The number of fused-ring (bicyclic) bond motifs is 1. The number of esters is 1. The number of nitrogens with one attached hydrogen (secondary N) is 1. The smallest absolute Gasteiger partial charge is 0.302 e. The fraction of sp³-hybridized carbons (Fsp3) is 0.636. The summed E-state index contributed by atoms with van der Waals surface area (Å²) in [5.41, 5.74) is 1.95. The largest absolute Gasteiger partial charge is 0.461 e. The monoisotopic (exact) mass is 256 g/mol. The van der Waals surface area contributed by atoms with Crippen LogP contribution in [0, 0.1) is 0 Å². The maximum atomic E-state index is 11.8. The van der Waals surface area contributed by atoms with Crippen molar-refractivity contribution in [2.75, 3.05) is 19.4 Å². The SMILES string of the molecule is CNC1C(=O)N2C(C)=C(COC(C)=O)CSC12. The van der Waals surface area contributed by atoms with Crippen LogP contribution in [0.4, 0.5) is 0 Å². The number of thioether (sulfide) groups is 1. The zero-order chi connectivity index (χ0) is 12.6. The summed E-state index contributed by atoms with van der Waals surface area (Å²) in [6, 6.07) is -0.0785. The predicted octanol–water partition coefficient (Wildman–Crippen LogP) is 0.327. The molecule has 5 nitrogen and oxygen atoms in total. The summed E-state index contributed by atoms with van der Waals surface area (Å²) in [6.07, 6.45) is 0. The van der Waals surface area contributed by atoms with Crippen molar-refractivity contribution in [3.8, 4) is 0 Å². The van der Waals surface area contributed by atoms with E-state index in [0.29, 0.717) is 0 Å². The highest BCUT2D eigenvalue weighted by atomic mass is 32.2. The number of allylic oxidation sites excluding steroid dienone is 1. The quantitative estimate of drug-likeness (QED) is 0.582. The molecule has 1 fully saturated rings. The van der Waals surface area contributed by atoms with E-state index in [1.54, 1.807) is 23.7 Å². The van der Waals surface area contributed by atoms with Crippen LogP contribution in [0.5, 0.6) is 0 Å². The van der Waals surface area contributed by atoms with Crippen molar-refractivity contribution < 1.29 is 14.3 Å². The van der Waals surface area contributed by atoms with Gasteiger partial charge in [0.1, 0.15) is 18.0 Å². The Morgan fingerprint density at radius 2 is 2.35 bits per heavy atom. The number of nitrogens with zero attached hydrogens (tertiary/aromatic N) is 1. The van der Waals surface area contributed by atoms with E-state index < -0.39 is 0 Å². The van der Waals surface area contributed by atoms with Crippen molar-refractivity contribution in [2.45, 2.75) is 25.3 Å². The molecule has 94 valence electrons. The van der Waals surface area contributed by atoms with E-state index in [2.05, 4.69) is 5.32 Å². The molecule has 2 heterocycles. The van der Waals surface area contributed by atoms with Gasteiger partial charge in [0.25, 0.3) is 0 Å². The van der Waals surface area contributed by atoms with E-state index in [1.165, 1.54) is 6.92 Å². The Hall–Kier alpha value is -1.01. The first kappa shape index (κ1) is 12.4. The van der Waals surface area contributed by atoms with E-state index in [1.807, 2.05) is 6.92 Å². The zero-order valence-electron chi connectivity index (χ0n) is 10.1. The van der Waals surface area contributed by atoms with Crippen molar-refractivity contribution in [1.82, 2.24) is 10.2 Å². The summed E-state index contributed by atoms with van der Waals surface area (Å²) in [4.78, 5) is 24.4. The fourth-order valence-electron chi connectivity index (χ4n) is 2.05. The van der Waals surface area contributed by atoms with Crippen molar-refractivity contribution >= 4 is 23.6 Å². The highest BCUT2D eigenvalue weighted by Gasteiger charge is 2.49. The lowest BCUT2D eigenvalue weighted by molar-refractivity contribution is -0.142. The van der Waals surface area contributed by atoms with Crippen molar-refractivity contribution in [3.05, 3.63) is 11.3 Å². The van der Waals surface area contributed by atoms with Gasteiger partial charge in [0.2, 0.25) is 5.91 Å². The topological polar surface area (TPSA) is 58.6 Å². The molecule has 1 amide bonds. The lowest BCUT2D eigenvalue weighted by atomic mass is 10.0. The molecule has 2 unspecified atom stereocenters. The average molecular weight is 256 g/mol. The second-order valence-corrected chi connectivity index (χ2v) is 5.25. The number of likely N-dealkylation sites (N-methyl/N-ethyl adjacent to an activating group) is 1. The Bertz CT molecular complexity index is 394. The van der Waals surface area contributed by atoms with Crippen molar-refractivity contribution in [3.63, 3.8) is 0 Å². The molecule has 1 N–H and O–H groups in total. The Kier molecular flexibility index (Phi) is 3.44. The van der Waals surface area contributed by atoms with Gasteiger partial charge >= 0.3 is 5.97 Å². The minimum Gasteiger partial charge on any atom is -0.461 e. The molecule has 6 heteroatoms. The number of carbonyl (C=O) groups excluding carboxylic acids is 2. The first-order valence-electron chi connectivity index (χ1n) is 5.50. The third-order valence-corrected chi connectivity index (χ3v) is 4.44. The van der Waals surface area contributed by atoms with Gasteiger partial charge in [-0.15, -0.1) is 11.8 Å². The highest BCUT2D eigenvalue weighted by Crippen LogP contribution is 2.39. The fourth-order valence-corrected chi connectivity index (χ4v) is 3.57. The third kappa shape index (κ3) is 2.07. The number of hydrogen-bond acceptors (Lipinski definition) is 5. The molecule has 2 atom stereocenters. The first-order valence-corrected chi connectivity index (χ1v) is 6.55. The van der Waals surface area contributed by atoms with Crippen LogP contribution < -0.4 is 5.32 Å². The van der Waals surface area contributed by atoms with Gasteiger partial charge in [-0.2, -0.15) is 0 Å². The maximum absolute atomic E-state index is 11.8. The van der Waals surface area contributed by atoms with Gasteiger partial charge in [0, 0.05) is 18.4 Å². The zero-order valence-corrected chi connectivity index (χ0v) is 11.0. The summed E-state index contributed by atoms with van der Waals surface area (Å²) < 4.78 is 4.98. The van der Waals surface area contributed by atoms with E-state index in [9.17, 15) is 9.59 Å². The summed E-state index contributed by atoms with van der Waals surface area (Å²) >= 11 is 1.71. The summed E-state index contributed by atoms with van der Waals surface area (Å²) in [5.74, 6) is 0.620. The van der Waals surface area contributed by atoms with Crippen LogP contribution in [0.3, 0.4) is 0 Å². The molecule has 0 radical (unpaired) electrons. The molecule has 0 aromatic carbocycles. The van der Waals surface area contributed by atoms with Gasteiger partial charge in [0.05, 0.1) is 0 Å². The van der Waals surface area contributed by atoms with Crippen LogP contribution in [0.25, 0.3) is 0 Å². The minimum atomic E-state index is -0.291. The van der Waals surface area contributed by atoms with Gasteiger partial charge in [-0.25, -0.2) is 0 Å². The molecule has 0 aromatic heterocycles. The third-order valence-electron chi connectivity index (χ3n) is 3.11. The lowest BCUT2D eigenvalue weighted by Crippen LogP contribution is -2.68. The Morgan fingerprint density at radius 1 is 1.65 bits per heavy atom. The van der Waals surface area contributed by atoms with Crippen LogP contribution in [0.2, 0.25) is 0 Å². The summed E-state index contributed by atoms with van der Waals surface area (Å²) in [6.45, 7) is 3.59. The normalized spacial score (nSPS) is 27.7. The lowest BCUT2D eigenvalue weighted by Gasteiger charge is -2.50. The maximum Gasteiger partial charge on any atom is 0.302 e. The molecule has 2 aliphatic rings. The highest BCUT2D eigenvalue weighted by molar-refractivity contribution is 8.00. The van der Waals surface area contributed by atoms with Gasteiger partial charge in [-0.05, 0) is 19.5 Å². The Balaban J connectivity index is 2.08. The van der Waals surface area contributed by atoms with Gasteiger partial charge in [0.15, 0.2) is 0 Å². The van der Waals surface area contributed by atoms with E-state index in [0.717, 1.165) is 17.0 Å². The van der Waals surface area contributed by atoms with E-state index >= 15 is 0 Å². The average Bonchev–Trinajstić information content (AvgIpc) is 2.27. The number of rotatable bonds is 3. The second-order valence-electron chi connectivity index (χ2n) is 4.15. The number of β-lactam (4-membered cyclic amide) rings is 1. The Labute approximate surface area is 105 Å². The van der Waals surface area contributed by atoms with Crippen LogP contribution in [-0.2, 0) is 14.3 Å². The van der Waals surface area contributed by atoms with Crippen LogP contribution in [0.15, 0.2) is 11.3 Å². The van der Waals surface area contributed by atoms with Gasteiger partial charge in [-0.1, -0.05) is 0 Å². The second kappa shape index (κ2) is 4.70. The molecule has 0 spiro atoms. The van der Waals surface area contributed by atoms with Crippen molar-refractivity contribution in [1.29, 1.82) is 0 Å². The predicted molar refractivity (Wildman–Crippen MR) is 65.3 cm³/mol. The number of ether oxygens (including phenoxy) is 1. The molecule has 0 saturated carbocycles. The molecule has 0 aromatic rings. The number of amides is 1. The van der Waals surface area contributed by atoms with Gasteiger partial charge in [-0.3, -0.25) is 9.59 Å². The number of carbonyl (C=O) groups is 2. The van der Waals surface area contributed by atoms with E-state index in [4.69, 9.17) is 4.74 Å². The number of hydrogen-bond donors (Lipinski definition) is 1. The standard InChI is InChI=1S/C11H16N2O3S/c1-6-8(4-16-7(2)14)5-17-11-9(12-3)10(15)13(6)11/h9,11-12H,4-5H2,1-3H3. The molecule has 2 aliphatic heterocycles. The molecular weight excluding hydrogens is 240 g/mol. The molecular formula is C11H16N2O3S. The minimum absolute atomic E-state index is 0.0785. The van der Waals surface area contributed by atoms with Crippen molar-refractivity contribution in [2.24, 2.45) is 0 Å². The molecule has 2 rings (SSSR count). The molecule has 1 saturated heterocycles. The first-order chi connectivity index (χ1) is 8.06. The van der Waals surface area contributed by atoms with Crippen LogP contribution in [0.1, 0.15) is 13.8 Å².